The molecule has 0 unspecified atom stereocenters. The van der Waals surface area contributed by atoms with Crippen molar-refractivity contribution in [2.45, 2.75) is 37.8 Å². The fourth-order valence-corrected chi connectivity index (χ4v) is 2.56. The van der Waals surface area contributed by atoms with Crippen LogP contribution in [-0.4, -0.2) is 31.6 Å². The molecule has 2 N–H and O–H groups in total. The molecule has 2 saturated carbocycles. The zero-order valence-corrected chi connectivity index (χ0v) is 14.9. The van der Waals surface area contributed by atoms with Crippen LogP contribution >= 0.6 is 0 Å². The Kier molecular flexibility index (Phi) is 5.00. The van der Waals surface area contributed by atoms with E-state index < -0.39 is 0 Å². The second kappa shape index (κ2) is 7.74. The topological polar surface area (TPSA) is 76.7 Å². The van der Waals surface area contributed by atoms with E-state index in [9.17, 15) is 9.59 Å². The molecule has 0 radical (unpaired) electrons. The third-order valence-corrected chi connectivity index (χ3v) is 4.51. The van der Waals surface area contributed by atoms with Crippen molar-refractivity contribution in [3.8, 4) is 11.5 Å². The van der Waals surface area contributed by atoms with Gasteiger partial charge < -0.3 is 19.9 Å². The van der Waals surface area contributed by atoms with Gasteiger partial charge in [-0.2, -0.15) is 0 Å². The largest absolute Gasteiger partial charge is 0.576 e. The van der Waals surface area contributed by atoms with Gasteiger partial charge in [0.15, 0.2) is 0 Å². The Balaban J connectivity index is 1.23. The Morgan fingerprint density at radius 3 is 1.41 bits per heavy atom. The maximum Gasteiger partial charge on any atom is 0.576 e. The number of rotatable bonds is 8. The maximum absolute atomic E-state index is 11.9. The van der Waals surface area contributed by atoms with Gasteiger partial charge in [0.05, 0.1) is 0 Å². The first-order chi connectivity index (χ1) is 13.2. The summed E-state index contributed by atoms with van der Waals surface area (Å²) in [6.07, 6.45) is 4.26. The fraction of sp³-hybridized carbons (Fsp3) is 0.300. The molecule has 2 aromatic rings. The zero-order chi connectivity index (χ0) is 18.6. The highest BCUT2D eigenvalue weighted by Gasteiger charge is 2.24. The number of carbonyl (C=O) groups is 2. The summed E-state index contributed by atoms with van der Waals surface area (Å²) in [7, 11) is 0.0429. The molecular formula is C20H21BN2O4. The lowest BCUT2D eigenvalue weighted by Crippen LogP contribution is -2.25. The number of nitrogens with one attached hydrogen (secondary N) is 2. The van der Waals surface area contributed by atoms with Crippen LogP contribution in [0.25, 0.3) is 0 Å². The van der Waals surface area contributed by atoms with Crippen molar-refractivity contribution in [1.29, 1.82) is 0 Å². The molecule has 7 heteroatoms. The summed E-state index contributed by atoms with van der Waals surface area (Å²) in [5.41, 5.74) is 1.24. The van der Waals surface area contributed by atoms with Crippen molar-refractivity contribution in [3.63, 3.8) is 0 Å². The summed E-state index contributed by atoms with van der Waals surface area (Å²) in [5, 5.41) is 5.90. The van der Waals surface area contributed by atoms with Crippen LogP contribution in [0, 0.1) is 0 Å². The van der Waals surface area contributed by atoms with Crippen LogP contribution in [-0.2, 0) is 0 Å². The van der Waals surface area contributed by atoms with Crippen molar-refractivity contribution >= 4 is 19.5 Å². The van der Waals surface area contributed by atoms with E-state index >= 15 is 0 Å². The van der Waals surface area contributed by atoms with Gasteiger partial charge in [-0.25, -0.2) is 0 Å². The summed E-state index contributed by atoms with van der Waals surface area (Å²) in [6, 6.07) is 14.6. The highest BCUT2D eigenvalue weighted by Crippen LogP contribution is 2.21. The molecule has 0 bridgehead atoms. The molecule has 6 nitrogen and oxygen atoms in total. The standard InChI is InChI=1S/C20H21BN2O4/c24-19(22-15-5-6-15)13-1-9-17(10-2-13)26-21-27-18-11-3-14(4-12-18)20(25)23-16-7-8-16/h1-4,9-12,15-16,21H,5-8H2,(H,22,24)(H,23,25). The van der Waals surface area contributed by atoms with Crippen molar-refractivity contribution in [3.05, 3.63) is 59.7 Å². The molecule has 2 aliphatic carbocycles. The average molecular weight is 364 g/mol. The molecule has 4 rings (SSSR count). The summed E-state index contributed by atoms with van der Waals surface area (Å²) >= 11 is 0. The molecule has 0 heterocycles. The van der Waals surface area contributed by atoms with Crippen LogP contribution < -0.4 is 19.9 Å². The molecule has 2 amide bonds. The molecule has 2 aliphatic rings. The third kappa shape index (κ3) is 5.03. The van der Waals surface area contributed by atoms with Gasteiger partial charge in [0, 0.05) is 23.2 Å². The minimum Gasteiger partial charge on any atom is -0.529 e. The van der Waals surface area contributed by atoms with E-state index in [2.05, 4.69) is 10.6 Å². The SMILES string of the molecule is O=C(NC1CC1)c1ccc(OBOc2ccc(C(=O)NC3CC3)cc2)cc1. The maximum atomic E-state index is 11.9. The molecule has 2 aromatic carbocycles. The van der Waals surface area contributed by atoms with Crippen LogP contribution in [0.2, 0.25) is 0 Å². The van der Waals surface area contributed by atoms with Gasteiger partial charge in [-0.05, 0) is 74.2 Å². The second-order valence-electron chi connectivity index (χ2n) is 6.95. The normalized spacial score (nSPS) is 15.6. The Bertz CT molecular complexity index is 745. The smallest absolute Gasteiger partial charge is 0.529 e. The predicted molar refractivity (Wildman–Crippen MR) is 102 cm³/mol. The zero-order valence-electron chi connectivity index (χ0n) is 14.9. The van der Waals surface area contributed by atoms with Gasteiger partial charge in [0.2, 0.25) is 0 Å². The van der Waals surface area contributed by atoms with Crippen LogP contribution in [0.1, 0.15) is 46.4 Å². The summed E-state index contributed by atoms with van der Waals surface area (Å²) in [5.74, 6) is 1.15. The van der Waals surface area contributed by atoms with Gasteiger partial charge in [-0.3, -0.25) is 9.59 Å². The van der Waals surface area contributed by atoms with E-state index in [1.165, 1.54) is 0 Å². The number of carbonyl (C=O) groups excluding carboxylic acids is 2. The van der Waals surface area contributed by atoms with E-state index in [1.54, 1.807) is 48.5 Å². The molecule has 0 aliphatic heterocycles. The van der Waals surface area contributed by atoms with E-state index in [1.807, 2.05) is 0 Å². The van der Waals surface area contributed by atoms with Crippen LogP contribution in [0.4, 0.5) is 0 Å². The highest BCUT2D eigenvalue weighted by atomic mass is 16.6. The first-order valence-corrected chi connectivity index (χ1v) is 9.25. The lowest BCUT2D eigenvalue weighted by Gasteiger charge is -2.09. The summed E-state index contributed by atoms with van der Waals surface area (Å²) < 4.78 is 11.1. The lowest BCUT2D eigenvalue weighted by atomic mass is 10.2. The third-order valence-electron chi connectivity index (χ3n) is 4.51. The van der Waals surface area contributed by atoms with Gasteiger partial charge in [0.25, 0.3) is 11.8 Å². The van der Waals surface area contributed by atoms with Gasteiger partial charge in [0.1, 0.15) is 11.5 Å². The molecular weight excluding hydrogens is 343 g/mol. The van der Waals surface area contributed by atoms with E-state index in [0.717, 1.165) is 25.7 Å². The van der Waals surface area contributed by atoms with Crippen molar-refractivity contribution < 1.29 is 18.9 Å². The molecule has 2 fully saturated rings. The van der Waals surface area contributed by atoms with Crippen molar-refractivity contribution in [1.82, 2.24) is 10.6 Å². The summed E-state index contributed by atoms with van der Waals surface area (Å²) in [6.45, 7) is 0. The Hall–Kier alpha value is -2.96. The minimum atomic E-state index is -0.0499. The van der Waals surface area contributed by atoms with E-state index in [4.69, 9.17) is 9.31 Å². The Morgan fingerprint density at radius 1 is 0.704 bits per heavy atom. The minimum absolute atomic E-state index is 0.0429. The Labute approximate surface area is 158 Å². The van der Waals surface area contributed by atoms with Crippen LogP contribution in [0.5, 0.6) is 11.5 Å². The second-order valence-corrected chi connectivity index (χ2v) is 6.95. The van der Waals surface area contributed by atoms with Crippen molar-refractivity contribution in [2.24, 2.45) is 0 Å². The average Bonchev–Trinajstić information content (AvgIpc) is 3.60. The van der Waals surface area contributed by atoms with Gasteiger partial charge >= 0.3 is 7.69 Å². The monoisotopic (exact) mass is 364 g/mol. The number of hydrogen-bond donors (Lipinski definition) is 2. The van der Waals surface area contributed by atoms with Crippen LogP contribution in [0.3, 0.4) is 0 Å². The molecule has 138 valence electrons. The number of hydrogen-bond acceptors (Lipinski definition) is 4. The fourth-order valence-electron chi connectivity index (χ4n) is 2.56. The van der Waals surface area contributed by atoms with Crippen LogP contribution in [0.15, 0.2) is 48.5 Å². The predicted octanol–water partition coefficient (Wildman–Crippen LogP) is 2.20. The molecule has 0 atom stereocenters. The quantitative estimate of drug-likeness (QED) is 0.704. The van der Waals surface area contributed by atoms with E-state index in [-0.39, 0.29) is 19.5 Å². The highest BCUT2D eigenvalue weighted by molar-refractivity contribution is 6.20. The number of amides is 2. The molecule has 0 saturated heterocycles. The molecule has 27 heavy (non-hydrogen) atoms. The lowest BCUT2D eigenvalue weighted by molar-refractivity contribution is 0.0942. The van der Waals surface area contributed by atoms with Gasteiger partial charge in [-0.15, -0.1) is 0 Å². The summed E-state index contributed by atoms with van der Waals surface area (Å²) in [4.78, 5) is 23.9. The first-order valence-electron chi connectivity index (χ1n) is 9.25. The van der Waals surface area contributed by atoms with Crippen molar-refractivity contribution in [2.75, 3.05) is 0 Å². The van der Waals surface area contributed by atoms with E-state index in [0.29, 0.717) is 34.7 Å². The molecule has 0 aromatic heterocycles. The molecule has 0 spiro atoms. The number of benzene rings is 2. The van der Waals surface area contributed by atoms with Gasteiger partial charge in [-0.1, -0.05) is 0 Å². The first kappa shape index (κ1) is 17.5. The Morgan fingerprint density at radius 2 is 1.07 bits per heavy atom.